The van der Waals surface area contributed by atoms with Gasteiger partial charge in [0.25, 0.3) is 0 Å². The largest absolute Gasteiger partial charge is 0.353 e. The quantitative estimate of drug-likeness (QED) is 0.316. The van der Waals surface area contributed by atoms with Gasteiger partial charge in [0.2, 0.25) is 5.91 Å². The van der Waals surface area contributed by atoms with Crippen LogP contribution < -0.4 is 5.32 Å². The molecule has 3 nitrogen and oxygen atoms in total. The Bertz CT molecular complexity index is 875. The van der Waals surface area contributed by atoms with Crippen molar-refractivity contribution in [3.05, 3.63) is 74.7 Å². The Hall–Kier alpha value is -1.52. The monoisotopic (exact) mass is 478 g/mol. The number of hydrogen-bond donors (Lipinski definition) is 1. The van der Waals surface area contributed by atoms with E-state index >= 15 is 0 Å². The summed E-state index contributed by atoms with van der Waals surface area (Å²) in [6.45, 7) is 4.15. The number of hydrogen-bond acceptors (Lipinski definition) is 2. The first-order chi connectivity index (χ1) is 15.0. The van der Waals surface area contributed by atoms with E-state index in [1.54, 1.807) is 18.2 Å². The van der Waals surface area contributed by atoms with E-state index in [0.717, 1.165) is 43.1 Å². The van der Waals surface area contributed by atoms with Crippen molar-refractivity contribution in [2.45, 2.75) is 38.0 Å². The molecule has 1 aliphatic rings. The highest BCUT2D eigenvalue weighted by Gasteiger charge is 2.20. The van der Waals surface area contributed by atoms with Crippen LogP contribution in [0.3, 0.4) is 0 Å². The number of amides is 1. The van der Waals surface area contributed by atoms with Crippen molar-refractivity contribution in [2.24, 2.45) is 0 Å². The molecule has 6 heteroatoms. The fourth-order valence-corrected chi connectivity index (χ4v) is 4.35. The van der Waals surface area contributed by atoms with Crippen LogP contribution in [-0.2, 0) is 4.79 Å². The zero-order valence-electron chi connectivity index (χ0n) is 17.6. The summed E-state index contributed by atoms with van der Waals surface area (Å²) in [6.07, 6.45) is 8.98. The van der Waals surface area contributed by atoms with Crippen LogP contribution in [0, 0.1) is 0 Å². The standard InChI is InChI=1S/C25H29Cl3N2O/c26-22-8-6-20(7-9-22)21-12-16-30(17-13-21)15-3-1-2-14-29-25(31)11-5-19-4-10-23(27)24(28)18-19/h4-11,18,21H,1-3,12-17H2,(H,29,31)/b11-5+. The highest BCUT2D eigenvalue weighted by molar-refractivity contribution is 6.42. The molecule has 0 saturated carbocycles. The van der Waals surface area contributed by atoms with Crippen molar-refractivity contribution < 1.29 is 4.79 Å². The first kappa shape index (κ1) is 24.1. The number of carbonyl (C=O) groups excluding carboxylic acids is 1. The van der Waals surface area contributed by atoms with Crippen molar-refractivity contribution in [3.63, 3.8) is 0 Å². The van der Waals surface area contributed by atoms with E-state index in [2.05, 4.69) is 22.3 Å². The summed E-state index contributed by atoms with van der Waals surface area (Å²) in [6, 6.07) is 13.6. The molecular weight excluding hydrogens is 451 g/mol. The van der Waals surface area contributed by atoms with E-state index in [1.807, 2.05) is 18.2 Å². The number of nitrogens with zero attached hydrogens (tertiary/aromatic N) is 1. The van der Waals surface area contributed by atoms with Crippen molar-refractivity contribution in [3.8, 4) is 0 Å². The maximum absolute atomic E-state index is 11.9. The van der Waals surface area contributed by atoms with Crippen LogP contribution in [0.15, 0.2) is 48.5 Å². The van der Waals surface area contributed by atoms with Gasteiger partial charge in [-0.2, -0.15) is 0 Å². The Morgan fingerprint density at radius 1 is 0.968 bits per heavy atom. The average molecular weight is 480 g/mol. The maximum Gasteiger partial charge on any atom is 0.243 e. The molecule has 0 spiro atoms. The van der Waals surface area contributed by atoms with E-state index in [1.165, 1.54) is 30.9 Å². The molecule has 0 atom stereocenters. The van der Waals surface area contributed by atoms with Gasteiger partial charge in [0.05, 0.1) is 10.0 Å². The number of halogens is 3. The van der Waals surface area contributed by atoms with Gasteiger partial charge in [0.15, 0.2) is 0 Å². The molecule has 1 amide bonds. The van der Waals surface area contributed by atoms with E-state index in [9.17, 15) is 4.79 Å². The van der Waals surface area contributed by atoms with Gasteiger partial charge in [-0.15, -0.1) is 0 Å². The number of piperidine rings is 1. The Labute approximate surface area is 200 Å². The molecule has 1 fully saturated rings. The van der Waals surface area contributed by atoms with Gasteiger partial charge >= 0.3 is 0 Å². The molecule has 0 unspecified atom stereocenters. The van der Waals surface area contributed by atoms with Gasteiger partial charge in [0.1, 0.15) is 0 Å². The van der Waals surface area contributed by atoms with Gasteiger partial charge in [-0.1, -0.05) is 59.4 Å². The van der Waals surface area contributed by atoms with Crippen LogP contribution in [0.2, 0.25) is 15.1 Å². The van der Waals surface area contributed by atoms with Crippen molar-refractivity contribution in [1.29, 1.82) is 0 Å². The van der Waals surface area contributed by atoms with E-state index in [4.69, 9.17) is 34.8 Å². The normalized spacial score (nSPS) is 15.5. The summed E-state index contributed by atoms with van der Waals surface area (Å²) in [5.74, 6) is 0.566. The fourth-order valence-electron chi connectivity index (χ4n) is 3.92. The Balaban J connectivity index is 1.24. The van der Waals surface area contributed by atoms with Crippen molar-refractivity contribution >= 4 is 46.8 Å². The lowest BCUT2D eigenvalue weighted by Gasteiger charge is -2.32. The molecule has 2 aromatic carbocycles. The zero-order valence-corrected chi connectivity index (χ0v) is 19.9. The molecule has 31 heavy (non-hydrogen) atoms. The summed E-state index contributed by atoms with van der Waals surface area (Å²) >= 11 is 17.9. The highest BCUT2D eigenvalue weighted by atomic mass is 35.5. The molecule has 0 radical (unpaired) electrons. The second-order valence-corrected chi connectivity index (χ2v) is 9.28. The molecule has 1 aliphatic heterocycles. The predicted molar refractivity (Wildman–Crippen MR) is 132 cm³/mol. The maximum atomic E-state index is 11.9. The Kier molecular flexibility index (Phi) is 9.73. The fraction of sp³-hybridized carbons (Fsp3) is 0.400. The summed E-state index contributed by atoms with van der Waals surface area (Å²) in [4.78, 5) is 14.5. The Morgan fingerprint density at radius 2 is 1.71 bits per heavy atom. The predicted octanol–water partition coefficient (Wildman–Crippen LogP) is 6.83. The van der Waals surface area contributed by atoms with Crippen LogP contribution in [0.5, 0.6) is 0 Å². The molecule has 166 valence electrons. The lowest BCUT2D eigenvalue weighted by atomic mass is 9.89. The first-order valence-electron chi connectivity index (χ1n) is 10.9. The van der Waals surface area contributed by atoms with Crippen molar-refractivity contribution in [1.82, 2.24) is 10.2 Å². The minimum atomic E-state index is -0.0876. The van der Waals surface area contributed by atoms with Crippen LogP contribution in [-0.4, -0.2) is 37.0 Å². The summed E-state index contributed by atoms with van der Waals surface area (Å²) in [5.41, 5.74) is 2.26. The van der Waals surface area contributed by atoms with Gasteiger partial charge in [-0.3, -0.25) is 4.79 Å². The number of rotatable bonds is 9. The molecule has 0 bridgehead atoms. The Morgan fingerprint density at radius 3 is 2.42 bits per heavy atom. The van der Waals surface area contributed by atoms with E-state index < -0.39 is 0 Å². The van der Waals surface area contributed by atoms with Crippen LogP contribution in [0.25, 0.3) is 6.08 Å². The molecule has 1 N–H and O–H groups in total. The molecule has 2 aromatic rings. The highest BCUT2D eigenvalue weighted by Crippen LogP contribution is 2.29. The second kappa shape index (κ2) is 12.5. The molecule has 3 rings (SSSR count). The second-order valence-electron chi connectivity index (χ2n) is 8.03. The van der Waals surface area contributed by atoms with E-state index in [0.29, 0.717) is 22.5 Å². The molecule has 1 heterocycles. The molecule has 0 aromatic heterocycles. The average Bonchev–Trinajstić information content (AvgIpc) is 2.78. The van der Waals surface area contributed by atoms with Gasteiger partial charge < -0.3 is 10.2 Å². The van der Waals surface area contributed by atoms with E-state index in [-0.39, 0.29) is 5.91 Å². The molecule has 0 aliphatic carbocycles. The number of benzene rings is 2. The van der Waals surface area contributed by atoms with Crippen LogP contribution >= 0.6 is 34.8 Å². The lowest BCUT2D eigenvalue weighted by Crippen LogP contribution is -2.33. The first-order valence-corrected chi connectivity index (χ1v) is 12.0. The summed E-state index contributed by atoms with van der Waals surface area (Å²) in [5, 5.41) is 4.74. The molecular formula is C25H29Cl3N2O. The number of carbonyl (C=O) groups is 1. The van der Waals surface area contributed by atoms with Gasteiger partial charge in [-0.05, 0) is 92.7 Å². The minimum Gasteiger partial charge on any atom is -0.353 e. The van der Waals surface area contributed by atoms with Gasteiger partial charge in [-0.25, -0.2) is 0 Å². The third-order valence-corrected chi connectivity index (χ3v) is 6.74. The lowest BCUT2D eigenvalue weighted by molar-refractivity contribution is -0.116. The minimum absolute atomic E-state index is 0.0876. The molecule has 1 saturated heterocycles. The van der Waals surface area contributed by atoms with Crippen LogP contribution in [0.1, 0.15) is 49.1 Å². The number of likely N-dealkylation sites (tertiary alicyclic amines) is 1. The number of unbranched alkanes of at least 4 members (excludes halogenated alkanes) is 2. The van der Waals surface area contributed by atoms with Crippen LogP contribution in [0.4, 0.5) is 0 Å². The third kappa shape index (κ3) is 8.16. The third-order valence-electron chi connectivity index (χ3n) is 5.75. The summed E-state index contributed by atoms with van der Waals surface area (Å²) in [7, 11) is 0. The van der Waals surface area contributed by atoms with Crippen molar-refractivity contribution in [2.75, 3.05) is 26.2 Å². The SMILES string of the molecule is O=C(/C=C/c1ccc(Cl)c(Cl)c1)NCCCCCN1CCC(c2ccc(Cl)cc2)CC1. The smallest absolute Gasteiger partial charge is 0.243 e. The topological polar surface area (TPSA) is 32.3 Å². The summed E-state index contributed by atoms with van der Waals surface area (Å²) < 4.78 is 0. The number of nitrogens with one attached hydrogen (secondary N) is 1. The zero-order chi connectivity index (χ0) is 22.1. The van der Waals surface area contributed by atoms with Gasteiger partial charge in [0, 0.05) is 17.6 Å².